The van der Waals surface area contributed by atoms with Crippen LogP contribution in [0.3, 0.4) is 0 Å². The predicted molar refractivity (Wildman–Crippen MR) is 77.4 cm³/mol. The van der Waals surface area contributed by atoms with Gasteiger partial charge in [0.05, 0.1) is 5.60 Å². The molecule has 1 saturated carbocycles. The van der Waals surface area contributed by atoms with E-state index in [1.54, 1.807) is 12.4 Å². The van der Waals surface area contributed by atoms with E-state index in [0.717, 1.165) is 37.7 Å². The summed E-state index contributed by atoms with van der Waals surface area (Å²) in [5.74, 6) is 0. The van der Waals surface area contributed by atoms with Crippen LogP contribution in [-0.4, -0.2) is 34.8 Å². The number of hydrogen-bond donors (Lipinski definition) is 3. The molecule has 5 nitrogen and oxygen atoms in total. The molecule has 2 amide bonds. The van der Waals surface area contributed by atoms with Crippen molar-refractivity contribution in [3.63, 3.8) is 0 Å². The number of nitrogens with one attached hydrogen (secondary N) is 2. The summed E-state index contributed by atoms with van der Waals surface area (Å²) < 4.78 is 0. The van der Waals surface area contributed by atoms with Crippen LogP contribution in [0, 0.1) is 0 Å². The molecular formula is C15H23N3O2. The lowest BCUT2D eigenvalue weighted by Crippen LogP contribution is -2.47. The van der Waals surface area contributed by atoms with Gasteiger partial charge in [-0.25, -0.2) is 4.79 Å². The molecule has 110 valence electrons. The van der Waals surface area contributed by atoms with Crippen molar-refractivity contribution in [1.82, 2.24) is 15.6 Å². The van der Waals surface area contributed by atoms with E-state index in [0.29, 0.717) is 13.1 Å². The van der Waals surface area contributed by atoms with Crippen LogP contribution < -0.4 is 10.6 Å². The molecule has 20 heavy (non-hydrogen) atoms. The third-order valence-electron chi connectivity index (χ3n) is 3.78. The number of amides is 2. The number of carbonyl (C=O) groups excluding carboxylic acids is 1. The minimum atomic E-state index is -0.709. The van der Waals surface area contributed by atoms with E-state index in [1.165, 1.54) is 6.42 Å². The number of pyridine rings is 1. The molecule has 5 heteroatoms. The van der Waals surface area contributed by atoms with Crippen molar-refractivity contribution in [2.45, 2.75) is 44.1 Å². The second-order valence-electron chi connectivity index (χ2n) is 5.51. The molecule has 0 unspecified atom stereocenters. The Morgan fingerprint density at radius 2 is 2.10 bits per heavy atom. The minimum absolute atomic E-state index is 0.215. The summed E-state index contributed by atoms with van der Waals surface area (Å²) in [6.45, 7) is 0.904. The van der Waals surface area contributed by atoms with Crippen molar-refractivity contribution >= 4 is 6.03 Å². The van der Waals surface area contributed by atoms with Crippen molar-refractivity contribution in [3.8, 4) is 0 Å². The lowest BCUT2D eigenvalue weighted by Gasteiger charge is -2.32. The minimum Gasteiger partial charge on any atom is -0.388 e. The number of aliphatic hydroxyl groups is 1. The highest BCUT2D eigenvalue weighted by Gasteiger charge is 2.29. The van der Waals surface area contributed by atoms with Gasteiger partial charge in [-0.05, 0) is 30.9 Å². The lowest BCUT2D eigenvalue weighted by molar-refractivity contribution is 0.00720. The molecule has 0 radical (unpaired) electrons. The van der Waals surface area contributed by atoms with Gasteiger partial charge in [0, 0.05) is 25.5 Å². The third-order valence-corrected chi connectivity index (χ3v) is 3.78. The van der Waals surface area contributed by atoms with Gasteiger partial charge in [0.2, 0.25) is 0 Å². The molecule has 0 saturated heterocycles. The van der Waals surface area contributed by atoms with Gasteiger partial charge in [0.25, 0.3) is 0 Å². The summed E-state index contributed by atoms with van der Waals surface area (Å²) in [6, 6.07) is 3.65. The van der Waals surface area contributed by atoms with E-state index in [9.17, 15) is 9.90 Å². The topological polar surface area (TPSA) is 74.2 Å². The number of carbonyl (C=O) groups is 1. The molecule has 1 fully saturated rings. The highest BCUT2D eigenvalue weighted by molar-refractivity contribution is 5.73. The molecule has 1 heterocycles. The largest absolute Gasteiger partial charge is 0.388 e. The number of hydrogen-bond acceptors (Lipinski definition) is 3. The molecular weight excluding hydrogens is 254 g/mol. The first-order chi connectivity index (χ1) is 9.68. The molecule has 0 aliphatic heterocycles. The second kappa shape index (κ2) is 7.24. The summed E-state index contributed by atoms with van der Waals surface area (Å²) in [6.07, 6.45) is 9.11. The Bertz CT molecular complexity index is 416. The van der Waals surface area contributed by atoms with Crippen LogP contribution in [0.25, 0.3) is 0 Å². The average molecular weight is 277 g/mol. The fourth-order valence-electron chi connectivity index (χ4n) is 2.56. The van der Waals surface area contributed by atoms with E-state index in [2.05, 4.69) is 15.6 Å². The van der Waals surface area contributed by atoms with Gasteiger partial charge >= 0.3 is 6.03 Å². The number of rotatable bonds is 5. The van der Waals surface area contributed by atoms with Crippen LogP contribution in [0.5, 0.6) is 0 Å². The van der Waals surface area contributed by atoms with Crippen molar-refractivity contribution < 1.29 is 9.90 Å². The summed E-state index contributed by atoms with van der Waals surface area (Å²) >= 11 is 0. The highest BCUT2D eigenvalue weighted by Crippen LogP contribution is 2.27. The molecule has 0 atom stereocenters. The Hall–Kier alpha value is -1.62. The van der Waals surface area contributed by atoms with Crippen molar-refractivity contribution in [1.29, 1.82) is 0 Å². The van der Waals surface area contributed by atoms with Crippen LogP contribution in [0.4, 0.5) is 4.79 Å². The number of nitrogens with zero attached hydrogens (tertiary/aromatic N) is 1. The molecule has 1 aliphatic carbocycles. The standard InChI is InChI=1S/C15H23N3O2/c19-14(17-10-6-13-5-4-9-16-11-13)18-12-15(20)7-2-1-3-8-15/h4-5,9,11,20H,1-3,6-8,10,12H2,(H2,17,18,19). The quantitative estimate of drug-likeness (QED) is 0.765. The maximum Gasteiger partial charge on any atom is 0.314 e. The zero-order chi connectivity index (χ0) is 14.3. The van der Waals surface area contributed by atoms with Crippen molar-refractivity contribution in [2.24, 2.45) is 0 Å². The molecule has 1 aromatic heterocycles. The smallest absolute Gasteiger partial charge is 0.314 e. The van der Waals surface area contributed by atoms with Gasteiger partial charge in [-0.2, -0.15) is 0 Å². The van der Waals surface area contributed by atoms with E-state index >= 15 is 0 Å². The molecule has 2 rings (SSSR count). The fraction of sp³-hybridized carbons (Fsp3) is 0.600. The Kier molecular flexibility index (Phi) is 5.35. The van der Waals surface area contributed by atoms with Crippen LogP contribution in [0.15, 0.2) is 24.5 Å². The second-order valence-corrected chi connectivity index (χ2v) is 5.51. The number of aromatic nitrogens is 1. The van der Waals surface area contributed by atoms with E-state index in [4.69, 9.17) is 0 Å². The van der Waals surface area contributed by atoms with Gasteiger partial charge < -0.3 is 15.7 Å². The summed E-state index contributed by atoms with van der Waals surface area (Å²) in [5.41, 5.74) is 0.387. The monoisotopic (exact) mass is 277 g/mol. The molecule has 0 spiro atoms. The molecule has 3 N–H and O–H groups in total. The van der Waals surface area contributed by atoms with E-state index < -0.39 is 5.60 Å². The summed E-state index contributed by atoms with van der Waals surface area (Å²) in [4.78, 5) is 15.7. The van der Waals surface area contributed by atoms with Crippen LogP contribution in [-0.2, 0) is 6.42 Å². The zero-order valence-electron chi connectivity index (χ0n) is 11.8. The molecule has 1 aliphatic rings. The lowest BCUT2D eigenvalue weighted by atomic mass is 9.85. The first kappa shape index (κ1) is 14.8. The maximum atomic E-state index is 11.7. The van der Waals surface area contributed by atoms with Gasteiger partial charge in [0.15, 0.2) is 0 Å². The average Bonchev–Trinajstić information content (AvgIpc) is 2.47. The molecule has 0 aromatic carbocycles. The normalized spacial score (nSPS) is 17.4. The van der Waals surface area contributed by atoms with Crippen molar-refractivity contribution in [3.05, 3.63) is 30.1 Å². The van der Waals surface area contributed by atoms with E-state index in [-0.39, 0.29) is 6.03 Å². The third kappa shape index (κ3) is 4.81. The zero-order valence-corrected chi connectivity index (χ0v) is 11.8. The Morgan fingerprint density at radius 1 is 1.30 bits per heavy atom. The Morgan fingerprint density at radius 3 is 2.80 bits per heavy atom. The van der Waals surface area contributed by atoms with Gasteiger partial charge in [-0.15, -0.1) is 0 Å². The van der Waals surface area contributed by atoms with Crippen LogP contribution >= 0.6 is 0 Å². The summed E-state index contributed by atoms with van der Waals surface area (Å²) in [7, 11) is 0. The maximum absolute atomic E-state index is 11.7. The highest BCUT2D eigenvalue weighted by atomic mass is 16.3. The van der Waals surface area contributed by atoms with Crippen LogP contribution in [0.2, 0.25) is 0 Å². The first-order valence-corrected chi connectivity index (χ1v) is 7.31. The predicted octanol–water partition coefficient (Wildman–Crippen LogP) is 1.62. The van der Waals surface area contributed by atoms with Crippen molar-refractivity contribution in [2.75, 3.05) is 13.1 Å². The Labute approximate surface area is 119 Å². The SMILES string of the molecule is O=C(NCCc1cccnc1)NCC1(O)CCCCC1. The van der Waals surface area contributed by atoms with Crippen LogP contribution in [0.1, 0.15) is 37.7 Å². The molecule has 1 aromatic rings. The van der Waals surface area contributed by atoms with Gasteiger partial charge in [-0.1, -0.05) is 25.3 Å². The Balaban J connectivity index is 1.63. The molecule has 0 bridgehead atoms. The fourth-order valence-corrected chi connectivity index (χ4v) is 2.56. The van der Waals surface area contributed by atoms with E-state index in [1.807, 2.05) is 12.1 Å². The van der Waals surface area contributed by atoms with Gasteiger partial charge in [-0.3, -0.25) is 4.98 Å². The summed E-state index contributed by atoms with van der Waals surface area (Å²) in [5, 5.41) is 15.8. The first-order valence-electron chi connectivity index (χ1n) is 7.31. The van der Waals surface area contributed by atoms with Gasteiger partial charge in [0.1, 0.15) is 0 Å². The number of urea groups is 1.